The van der Waals surface area contributed by atoms with Crippen LogP contribution in [0.1, 0.15) is 31.8 Å². The molecule has 0 fully saturated rings. The Kier molecular flexibility index (Phi) is 6.09. The van der Waals surface area contributed by atoms with E-state index in [1.54, 1.807) is 60.1 Å². The molecule has 0 aromatic heterocycles. The molecule has 4 heteroatoms. The molecule has 0 N–H and O–H groups in total. The summed E-state index contributed by atoms with van der Waals surface area (Å²) < 4.78 is 0. The molecule has 0 unspecified atom stereocenters. The fraction of sp³-hybridized carbons (Fsp3) is 0.130. The van der Waals surface area contributed by atoms with Crippen molar-refractivity contribution in [1.29, 1.82) is 0 Å². The second kappa shape index (κ2) is 8.69. The normalized spacial score (nSPS) is 10.4. The Balaban J connectivity index is 1.83. The zero-order chi connectivity index (χ0) is 19.2. The first-order valence-corrected chi connectivity index (χ1v) is 9.90. The largest absolute Gasteiger partial charge is 0.337 e. The van der Waals surface area contributed by atoms with Crippen LogP contribution in [0.4, 0.5) is 0 Å². The minimum Gasteiger partial charge on any atom is -0.337 e. The number of thioether (sulfide) groups is 1. The van der Waals surface area contributed by atoms with Gasteiger partial charge in [-0.2, -0.15) is 0 Å². The van der Waals surface area contributed by atoms with Gasteiger partial charge in [-0.15, -0.1) is 11.8 Å². The lowest BCUT2D eigenvalue weighted by Crippen LogP contribution is -2.28. The van der Waals surface area contributed by atoms with Crippen LogP contribution in [0.2, 0.25) is 0 Å². The van der Waals surface area contributed by atoms with Crippen LogP contribution in [-0.2, 0) is 6.54 Å². The number of ketones is 1. The molecule has 0 aliphatic carbocycles. The lowest BCUT2D eigenvalue weighted by Gasteiger charge is -2.19. The van der Waals surface area contributed by atoms with Crippen molar-refractivity contribution in [3.8, 4) is 0 Å². The number of carbonyl (C=O) groups excluding carboxylic acids is 2. The van der Waals surface area contributed by atoms with Crippen LogP contribution in [0.25, 0.3) is 0 Å². The van der Waals surface area contributed by atoms with Gasteiger partial charge >= 0.3 is 0 Å². The number of hydrogen-bond acceptors (Lipinski definition) is 3. The molecule has 0 spiro atoms. The van der Waals surface area contributed by atoms with Gasteiger partial charge in [0, 0.05) is 29.6 Å². The highest BCUT2D eigenvalue weighted by molar-refractivity contribution is 7.98. The van der Waals surface area contributed by atoms with E-state index in [0.29, 0.717) is 23.2 Å². The van der Waals surface area contributed by atoms with Gasteiger partial charge in [0.1, 0.15) is 0 Å². The summed E-state index contributed by atoms with van der Waals surface area (Å²) in [5.74, 6) is -0.305. The van der Waals surface area contributed by atoms with E-state index < -0.39 is 0 Å². The van der Waals surface area contributed by atoms with E-state index in [2.05, 4.69) is 0 Å². The first-order chi connectivity index (χ1) is 13.1. The van der Waals surface area contributed by atoms with Crippen LogP contribution >= 0.6 is 11.8 Å². The fourth-order valence-corrected chi connectivity index (χ4v) is 3.30. The average molecular weight is 375 g/mol. The molecule has 0 bridgehead atoms. The molecule has 3 aromatic rings. The van der Waals surface area contributed by atoms with E-state index in [4.69, 9.17) is 0 Å². The smallest absolute Gasteiger partial charge is 0.254 e. The van der Waals surface area contributed by atoms with Gasteiger partial charge in [0.05, 0.1) is 5.56 Å². The van der Waals surface area contributed by atoms with Gasteiger partial charge < -0.3 is 4.90 Å². The number of rotatable bonds is 6. The molecule has 0 atom stereocenters. The Morgan fingerprint density at radius 2 is 1.41 bits per heavy atom. The Morgan fingerprint density at radius 1 is 0.815 bits per heavy atom. The number of amides is 1. The number of nitrogens with zero attached hydrogens (tertiary/aromatic N) is 1. The quantitative estimate of drug-likeness (QED) is 0.454. The predicted molar refractivity (Wildman–Crippen MR) is 110 cm³/mol. The molecule has 136 valence electrons. The standard InChI is InChI=1S/C23H21NO2S/c1-24(16-17-12-14-19(27-2)15-13-17)23(26)21-11-7-6-10-20(21)22(25)18-8-4-3-5-9-18/h3-15H,16H2,1-2H3. The zero-order valence-electron chi connectivity index (χ0n) is 15.4. The van der Waals surface area contributed by atoms with Crippen LogP contribution in [0.5, 0.6) is 0 Å². The summed E-state index contributed by atoms with van der Waals surface area (Å²) in [6.45, 7) is 0.487. The highest BCUT2D eigenvalue weighted by Gasteiger charge is 2.20. The average Bonchev–Trinajstić information content (AvgIpc) is 2.73. The summed E-state index contributed by atoms with van der Waals surface area (Å²) in [5.41, 5.74) is 2.48. The molecule has 0 aliphatic heterocycles. The minimum atomic E-state index is -0.163. The first kappa shape index (κ1) is 18.9. The van der Waals surface area contributed by atoms with Crippen molar-refractivity contribution < 1.29 is 9.59 Å². The van der Waals surface area contributed by atoms with E-state index in [-0.39, 0.29) is 11.7 Å². The van der Waals surface area contributed by atoms with E-state index in [1.165, 1.54) is 4.90 Å². The number of carbonyl (C=O) groups is 2. The maximum atomic E-state index is 13.0. The summed E-state index contributed by atoms with van der Waals surface area (Å²) in [5, 5.41) is 0. The third-order valence-corrected chi connectivity index (χ3v) is 5.11. The van der Waals surface area contributed by atoms with Crippen molar-refractivity contribution in [2.24, 2.45) is 0 Å². The van der Waals surface area contributed by atoms with Crippen LogP contribution in [-0.4, -0.2) is 29.9 Å². The van der Waals surface area contributed by atoms with Crippen molar-refractivity contribution in [2.45, 2.75) is 11.4 Å². The second-order valence-electron chi connectivity index (χ2n) is 6.25. The van der Waals surface area contributed by atoms with Crippen LogP contribution in [0.15, 0.2) is 83.8 Å². The summed E-state index contributed by atoms with van der Waals surface area (Å²) >= 11 is 1.68. The summed E-state index contributed by atoms with van der Waals surface area (Å²) in [6.07, 6.45) is 2.03. The van der Waals surface area contributed by atoms with Crippen molar-refractivity contribution >= 4 is 23.5 Å². The highest BCUT2D eigenvalue weighted by Crippen LogP contribution is 2.19. The topological polar surface area (TPSA) is 37.4 Å². The van der Waals surface area contributed by atoms with Gasteiger partial charge in [-0.25, -0.2) is 0 Å². The summed E-state index contributed by atoms with van der Waals surface area (Å²) in [7, 11) is 1.76. The molecule has 3 aromatic carbocycles. The molecule has 3 rings (SSSR count). The van der Waals surface area contributed by atoms with E-state index in [9.17, 15) is 9.59 Å². The zero-order valence-corrected chi connectivity index (χ0v) is 16.2. The number of hydrogen-bond donors (Lipinski definition) is 0. The lowest BCUT2D eigenvalue weighted by atomic mass is 9.97. The third kappa shape index (κ3) is 4.47. The molecule has 27 heavy (non-hydrogen) atoms. The molecule has 0 heterocycles. The number of benzene rings is 3. The van der Waals surface area contributed by atoms with Gasteiger partial charge in [-0.3, -0.25) is 9.59 Å². The van der Waals surface area contributed by atoms with Gasteiger partial charge in [-0.1, -0.05) is 60.7 Å². The Labute approximate surface area is 164 Å². The van der Waals surface area contributed by atoms with Crippen LogP contribution < -0.4 is 0 Å². The van der Waals surface area contributed by atoms with Gasteiger partial charge in [-0.05, 0) is 30.0 Å². The van der Waals surface area contributed by atoms with E-state index >= 15 is 0 Å². The van der Waals surface area contributed by atoms with Crippen molar-refractivity contribution in [3.05, 3.63) is 101 Å². The van der Waals surface area contributed by atoms with Crippen LogP contribution in [0.3, 0.4) is 0 Å². The van der Waals surface area contributed by atoms with Gasteiger partial charge in [0.25, 0.3) is 5.91 Å². The van der Waals surface area contributed by atoms with Gasteiger partial charge in [0.2, 0.25) is 0 Å². The van der Waals surface area contributed by atoms with Crippen LogP contribution in [0, 0.1) is 0 Å². The maximum absolute atomic E-state index is 13.0. The first-order valence-electron chi connectivity index (χ1n) is 8.67. The lowest BCUT2D eigenvalue weighted by molar-refractivity contribution is 0.0780. The molecular formula is C23H21NO2S. The molecular weight excluding hydrogens is 354 g/mol. The maximum Gasteiger partial charge on any atom is 0.254 e. The van der Waals surface area contributed by atoms with Crippen molar-refractivity contribution in [2.75, 3.05) is 13.3 Å². The second-order valence-corrected chi connectivity index (χ2v) is 7.13. The van der Waals surface area contributed by atoms with Crippen molar-refractivity contribution in [1.82, 2.24) is 4.90 Å². The molecule has 0 saturated heterocycles. The SMILES string of the molecule is CSc1ccc(CN(C)C(=O)c2ccccc2C(=O)c2ccccc2)cc1. The van der Waals surface area contributed by atoms with Gasteiger partial charge in [0.15, 0.2) is 5.78 Å². The molecule has 3 nitrogen and oxygen atoms in total. The summed E-state index contributed by atoms with van der Waals surface area (Å²) in [6, 6.07) is 24.2. The summed E-state index contributed by atoms with van der Waals surface area (Å²) in [4.78, 5) is 28.7. The Morgan fingerprint density at radius 3 is 2.04 bits per heavy atom. The van der Waals surface area contributed by atoms with E-state index in [0.717, 1.165) is 5.56 Å². The monoisotopic (exact) mass is 375 g/mol. The van der Waals surface area contributed by atoms with E-state index in [1.807, 2.05) is 48.7 Å². The Hall–Kier alpha value is -2.85. The van der Waals surface area contributed by atoms with Crippen molar-refractivity contribution in [3.63, 3.8) is 0 Å². The molecule has 1 amide bonds. The third-order valence-electron chi connectivity index (χ3n) is 4.36. The molecule has 0 aliphatic rings. The fourth-order valence-electron chi connectivity index (χ4n) is 2.89. The molecule has 0 saturated carbocycles. The predicted octanol–water partition coefficient (Wildman–Crippen LogP) is 4.91. The molecule has 0 radical (unpaired) electrons. The minimum absolute atomic E-state index is 0.141. The Bertz CT molecular complexity index is 936. The highest BCUT2D eigenvalue weighted by atomic mass is 32.2.